The summed E-state index contributed by atoms with van der Waals surface area (Å²) in [4.78, 5) is 0. The van der Waals surface area contributed by atoms with Gasteiger partial charge in [0.1, 0.15) is 0 Å². The number of hydrogen-bond donors (Lipinski definition) is 0. The molecule has 4 fully saturated rings. The maximum absolute atomic E-state index is 3.92. The lowest BCUT2D eigenvalue weighted by molar-refractivity contribution is 0.0708. The Hall–Kier alpha value is -0.560. The average molecular weight is 303 g/mol. The van der Waals surface area contributed by atoms with Crippen molar-refractivity contribution in [3.63, 3.8) is 0 Å². The largest absolute Gasteiger partial charge is 0.0622 e. The van der Waals surface area contributed by atoms with E-state index in [1.165, 1.54) is 42.1 Å². The van der Waals surface area contributed by atoms with Crippen LogP contribution in [0.1, 0.15) is 37.7 Å². The lowest BCUT2D eigenvalue weighted by Gasteiger charge is -2.52. The Balaban J connectivity index is 1.76. The average Bonchev–Trinajstić information content (AvgIpc) is 2.38. The fraction of sp³-hybridized carbons (Fsp3) is 0.529. The molecular weight excluding hydrogens is 284 g/mol. The van der Waals surface area contributed by atoms with Gasteiger partial charge >= 0.3 is 0 Å². The Bertz CT molecular complexity index is 456. The third kappa shape index (κ3) is 1.71. The van der Waals surface area contributed by atoms with Crippen molar-refractivity contribution in [2.45, 2.75) is 32.1 Å². The third-order valence-electron chi connectivity index (χ3n) is 5.30. The minimum atomic E-state index is 0.885. The van der Waals surface area contributed by atoms with Gasteiger partial charge in [-0.15, -0.1) is 0 Å². The van der Waals surface area contributed by atoms with E-state index in [0.29, 0.717) is 0 Å². The van der Waals surface area contributed by atoms with Gasteiger partial charge in [0.2, 0.25) is 0 Å². The van der Waals surface area contributed by atoms with Crippen molar-refractivity contribution in [2.75, 3.05) is 0 Å². The van der Waals surface area contributed by atoms with Crippen molar-refractivity contribution in [2.24, 2.45) is 23.7 Å². The van der Waals surface area contributed by atoms with E-state index < -0.39 is 0 Å². The molecule has 1 aromatic rings. The fourth-order valence-electron chi connectivity index (χ4n) is 4.80. The minimum Gasteiger partial charge on any atom is -0.0622 e. The van der Waals surface area contributed by atoms with Crippen molar-refractivity contribution < 1.29 is 0 Å². The van der Waals surface area contributed by atoms with Gasteiger partial charge < -0.3 is 0 Å². The summed E-state index contributed by atoms with van der Waals surface area (Å²) in [6.45, 7) is 0. The van der Waals surface area contributed by atoms with Crippen LogP contribution >= 0.6 is 15.9 Å². The summed E-state index contributed by atoms with van der Waals surface area (Å²) in [5.41, 5.74) is 3.13. The van der Waals surface area contributed by atoms with Gasteiger partial charge in [-0.1, -0.05) is 46.3 Å². The van der Waals surface area contributed by atoms with Crippen LogP contribution in [0.5, 0.6) is 0 Å². The molecule has 0 heterocycles. The summed E-state index contributed by atoms with van der Waals surface area (Å²) in [5.74, 6) is 3.87. The van der Waals surface area contributed by atoms with Crippen LogP contribution in [0.3, 0.4) is 0 Å². The van der Waals surface area contributed by atoms with Gasteiger partial charge in [-0.25, -0.2) is 0 Å². The van der Waals surface area contributed by atoms with E-state index >= 15 is 0 Å². The molecule has 0 spiro atoms. The van der Waals surface area contributed by atoms with Crippen LogP contribution in [-0.2, 0) is 0 Å². The molecule has 0 nitrogen and oxygen atoms in total. The van der Waals surface area contributed by atoms with E-state index in [0.717, 1.165) is 23.7 Å². The molecule has 0 aromatic heterocycles. The van der Waals surface area contributed by atoms with Gasteiger partial charge in [-0.05, 0) is 66.9 Å². The van der Waals surface area contributed by atoms with Crippen molar-refractivity contribution in [3.8, 4) is 0 Å². The molecule has 4 aliphatic rings. The maximum Gasteiger partial charge on any atom is 0.0245 e. The van der Waals surface area contributed by atoms with E-state index in [9.17, 15) is 0 Å². The van der Waals surface area contributed by atoms with E-state index in [-0.39, 0.29) is 0 Å². The zero-order valence-electron chi connectivity index (χ0n) is 10.6. The second kappa shape index (κ2) is 4.23. The molecule has 1 aromatic carbocycles. The highest BCUT2D eigenvalue weighted by Crippen LogP contribution is 2.58. The molecule has 0 atom stereocenters. The van der Waals surface area contributed by atoms with Gasteiger partial charge in [-0.2, -0.15) is 0 Å². The molecule has 0 aliphatic heterocycles. The second-order valence-corrected chi connectivity index (χ2v) is 7.23. The van der Waals surface area contributed by atoms with Crippen LogP contribution in [-0.4, -0.2) is 0 Å². The zero-order valence-corrected chi connectivity index (χ0v) is 12.2. The maximum atomic E-state index is 3.92. The predicted molar refractivity (Wildman–Crippen MR) is 79.3 cm³/mol. The van der Waals surface area contributed by atoms with Gasteiger partial charge in [0.15, 0.2) is 0 Å². The van der Waals surface area contributed by atoms with Crippen LogP contribution in [0.2, 0.25) is 0 Å². The number of rotatable bonds is 1. The summed E-state index contributed by atoms with van der Waals surface area (Å²) >= 11 is 3.92. The summed E-state index contributed by atoms with van der Waals surface area (Å²) in [7, 11) is 0. The Morgan fingerprint density at radius 1 is 0.833 bits per heavy atom. The first-order valence-electron chi connectivity index (χ1n) is 7.26. The number of halogens is 1. The highest BCUT2D eigenvalue weighted by Gasteiger charge is 2.45. The number of hydrogen-bond acceptors (Lipinski definition) is 0. The Kier molecular flexibility index (Phi) is 2.65. The van der Waals surface area contributed by atoms with Crippen LogP contribution in [0.15, 0.2) is 35.9 Å². The monoisotopic (exact) mass is 302 g/mol. The van der Waals surface area contributed by atoms with Crippen LogP contribution in [0.4, 0.5) is 0 Å². The molecule has 0 N–H and O–H groups in total. The summed E-state index contributed by atoms with van der Waals surface area (Å²) in [6.07, 6.45) is 7.38. The smallest absolute Gasteiger partial charge is 0.0245 e. The summed E-state index contributed by atoms with van der Waals surface area (Å²) in [5, 5.41) is 0. The van der Waals surface area contributed by atoms with Crippen molar-refractivity contribution >= 4 is 20.4 Å². The molecule has 0 saturated heterocycles. The molecule has 94 valence electrons. The van der Waals surface area contributed by atoms with Crippen molar-refractivity contribution in [1.82, 2.24) is 0 Å². The highest BCUT2D eigenvalue weighted by molar-refractivity contribution is 9.15. The molecular formula is C17H19Br. The zero-order chi connectivity index (χ0) is 12.1. The van der Waals surface area contributed by atoms with Crippen LogP contribution in [0, 0.1) is 23.7 Å². The standard InChI is InChI=1S/C17H19Br/c18-17(13-4-2-1-3-5-13)16-14-7-11-6-12(9-14)10-15(16)8-11/h1-5,11-12,14-15H,6-10H2. The molecule has 0 radical (unpaired) electrons. The highest BCUT2D eigenvalue weighted by atomic mass is 79.9. The quantitative estimate of drug-likeness (QED) is 0.665. The minimum absolute atomic E-state index is 0.885. The third-order valence-corrected chi connectivity index (χ3v) is 6.21. The van der Waals surface area contributed by atoms with Crippen LogP contribution in [0.25, 0.3) is 4.48 Å². The first kappa shape index (κ1) is 11.3. The first-order chi connectivity index (χ1) is 8.81. The molecule has 0 amide bonds. The lowest BCUT2D eigenvalue weighted by atomic mass is 9.54. The van der Waals surface area contributed by atoms with E-state index in [1.54, 1.807) is 5.57 Å². The number of benzene rings is 1. The number of allylic oxidation sites excluding steroid dienone is 1. The lowest BCUT2D eigenvalue weighted by Crippen LogP contribution is -2.40. The molecule has 4 saturated carbocycles. The Morgan fingerprint density at radius 3 is 1.94 bits per heavy atom. The predicted octanol–water partition coefficient (Wildman–Crippen LogP) is 5.25. The molecule has 0 unspecified atom stereocenters. The van der Waals surface area contributed by atoms with E-state index in [1.807, 2.05) is 0 Å². The Morgan fingerprint density at radius 2 is 1.39 bits per heavy atom. The van der Waals surface area contributed by atoms with Crippen molar-refractivity contribution in [3.05, 3.63) is 41.5 Å². The fourth-order valence-corrected chi connectivity index (χ4v) is 5.71. The van der Waals surface area contributed by atoms with Crippen molar-refractivity contribution in [1.29, 1.82) is 0 Å². The molecule has 5 rings (SSSR count). The van der Waals surface area contributed by atoms with E-state index in [4.69, 9.17) is 0 Å². The molecule has 18 heavy (non-hydrogen) atoms. The molecule has 4 bridgehead atoms. The molecule has 4 aliphatic carbocycles. The summed E-state index contributed by atoms with van der Waals surface area (Å²) < 4.78 is 1.41. The topological polar surface area (TPSA) is 0 Å². The SMILES string of the molecule is BrC(=C1C2CC3CC(C2)CC1C3)c1ccccc1. The Labute approximate surface area is 118 Å². The van der Waals surface area contributed by atoms with Gasteiger partial charge in [-0.3, -0.25) is 0 Å². The van der Waals surface area contributed by atoms with Gasteiger partial charge in [0.25, 0.3) is 0 Å². The molecule has 1 heteroatoms. The van der Waals surface area contributed by atoms with Gasteiger partial charge in [0.05, 0.1) is 0 Å². The first-order valence-corrected chi connectivity index (χ1v) is 8.05. The van der Waals surface area contributed by atoms with Crippen LogP contribution < -0.4 is 0 Å². The van der Waals surface area contributed by atoms with E-state index in [2.05, 4.69) is 46.3 Å². The summed E-state index contributed by atoms with van der Waals surface area (Å²) in [6, 6.07) is 10.9. The van der Waals surface area contributed by atoms with Gasteiger partial charge in [0, 0.05) is 4.48 Å². The second-order valence-electron chi connectivity index (χ2n) is 6.44. The normalized spacial score (nSPS) is 37.1.